The molecule has 0 spiro atoms. The summed E-state index contributed by atoms with van der Waals surface area (Å²) >= 11 is 0. The van der Waals surface area contributed by atoms with E-state index >= 15 is 0 Å². The molecule has 0 unspecified atom stereocenters. The van der Waals surface area contributed by atoms with Gasteiger partial charge in [-0.2, -0.15) is 0 Å². The summed E-state index contributed by atoms with van der Waals surface area (Å²) in [7, 11) is 0. The van der Waals surface area contributed by atoms with Gasteiger partial charge in [0.15, 0.2) is 0 Å². The molecule has 6 heteroatoms. The Bertz CT molecular complexity index is 647. The molecule has 126 valence electrons. The molecule has 2 rings (SSSR count). The van der Waals surface area contributed by atoms with E-state index in [-0.39, 0.29) is 19.8 Å². The third kappa shape index (κ3) is 5.73. The Hall–Kier alpha value is -2.86. The van der Waals surface area contributed by atoms with Crippen LogP contribution in [-0.4, -0.2) is 24.6 Å². The molecule has 0 fully saturated rings. The lowest BCUT2D eigenvalue weighted by molar-refractivity contribution is -0.147. The second-order valence-corrected chi connectivity index (χ2v) is 5.09. The van der Waals surface area contributed by atoms with Crippen LogP contribution in [0.5, 0.6) is 0 Å². The normalized spacial score (nSPS) is 11.4. The molecule has 0 heterocycles. The van der Waals surface area contributed by atoms with Crippen LogP contribution in [0.1, 0.15) is 11.1 Å². The van der Waals surface area contributed by atoms with Crippen molar-refractivity contribution in [2.45, 2.75) is 19.3 Å². The number of esters is 1. The molecular weight excluding hydrogens is 308 g/mol. The Morgan fingerprint density at radius 3 is 1.88 bits per heavy atom. The zero-order valence-corrected chi connectivity index (χ0v) is 13.2. The van der Waals surface area contributed by atoms with Gasteiger partial charge in [-0.3, -0.25) is 0 Å². The van der Waals surface area contributed by atoms with E-state index < -0.39 is 18.1 Å². The van der Waals surface area contributed by atoms with E-state index in [1.165, 1.54) is 0 Å². The number of ether oxygens (including phenoxy) is 2. The van der Waals surface area contributed by atoms with Gasteiger partial charge in [0.2, 0.25) is 0 Å². The van der Waals surface area contributed by atoms with Crippen molar-refractivity contribution in [3.63, 3.8) is 0 Å². The zero-order valence-electron chi connectivity index (χ0n) is 13.2. The number of carbonyl (C=O) groups is 2. The Kier molecular flexibility index (Phi) is 6.79. The van der Waals surface area contributed by atoms with Crippen LogP contribution in [0.25, 0.3) is 0 Å². The lowest BCUT2D eigenvalue weighted by atomic mass is 10.2. The smallest absolute Gasteiger partial charge is 0.408 e. The van der Waals surface area contributed by atoms with Gasteiger partial charge in [0, 0.05) is 6.54 Å². The SMILES string of the molecule is NC[C@@H](NC(=O)OCc1ccccc1)C(=O)OCc1ccccc1. The third-order valence-electron chi connectivity index (χ3n) is 3.25. The van der Waals surface area contributed by atoms with Crippen molar-refractivity contribution in [3.05, 3.63) is 71.8 Å². The number of hydrogen-bond acceptors (Lipinski definition) is 5. The van der Waals surface area contributed by atoms with Crippen molar-refractivity contribution in [1.29, 1.82) is 0 Å². The Labute approximate surface area is 140 Å². The quantitative estimate of drug-likeness (QED) is 0.759. The monoisotopic (exact) mass is 328 g/mol. The first-order valence-corrected chi connectivity index (χ1v) is 7.57. The second-order valence-electron chi connectivity index (χ2n) is 5.09. The van der Waals surface area contributed by atoms with Crippen LogP contribution in [-0.2, 0) is 27.5 Å². The van der Waals surface area contributed by atoms with Gasteiger partial charge in [-0.25, -0.2) is 9.59 Å². The maximum absolute atomic E-state index is 12.0. The van der Waals surface area contributed by atoms with E-state index in [1.807, 2.05) is 60.7 Å². The van der Waals surface area contributed by atoms with Crippen LogP contribution in [0.15, 0.2) is 60.7 Å². The summed E-state index contributed by atoms with van der Waals surface area (Å²) in [6, 6.07) is 17.5. The molecule has 1 amide bonds. The molecule has 2 aromatic carbocycles. The number of hydrogen-bond donors (Lipinski definition) is 2. The lowest BCUT2D eigenvalue weighted by Gasteiger charge is -2.16. The molecule has 24 heavy (non-hydrogen) atoms. The van der Waals surface area contributed by atoms with Crippen LogP contribution < -0.4 is 11.1 Å². The predicted octanol–water partition coefficient (Wildman–Crippen LogP) is 1.98. The lowest BCUT2D eigenvalue weighted by Crippen LogP contribution is -2.46. The van der Waals surface area contributed by atoms with E-state index in [4.69, 9.17) is 15.2 Å². The topological polar surface area (TPSA) is 90.6 Å². The summed E-state index contributed by atoms with van der Waals surface area (Å²) < 4.78 is 10.2. The van der Waals surface area contributed by atoms with E-state index in [2.05, 4.69) is 5.32 Å². The minimum absolute atomic E-state index is 0.0753. The van der Waals surface area contributed by atoms with Gasteiger partial charge in [0.25, 0.3) is 0 Å². The van der Waals surface area contributed by atoms with Crippen LogP contribution in [0.4, 0.5) is 4.79 Å². The molecule has 0 aliphatic rings. The highest BCUT2D eigenvalue weighted by molar-refractivity contribution is 5.81. The van der Waals surface area contributed by atoms with E-state index in [0.717, 1.165) is 11.1 Å². The highest BCUT2D eigenvalue weighted by Crippen LogP contribution is 2.03. The van der Waals surface area contributed by atoms with Gasteiger partial charge < -0.3 is 20.5 Å². The molecule has 3 N–H and O–H groups in total. The summed E-state index contributed by atoms with van der Waals surface area (Å²) in [5.41, 5.74) is 7.23. The summed E-state index contributed by atoms with van der Waals surface area (Å²) in [6.45, 7) is 0.161. The minimum atomic E-state index is -0.947. The van der Waals surface area contributed by atoms with Crippen molar-refractivity contribution in [2.24, 2.45) is 5.73 Å². The first-order chi connectivity index (χ1) is 11.7. The molecule has 1 atom stereocenters. The first kappa shape index (κ1) is 17.5. The first-order valence-electron chi connectivity index (χ1n) is 7.57. The van der Waals surface area contributed by atoms with Crippen LogP contribution in [0, 0.1) is 0 Å². The fourth-order valence-electron chi connectivity index (χ4n) is 1.95. The molecule has 0 radical (unpaired) electrons. The number of carbonyl (C=O) groups excluding carboxylic acids is 2. The Morgan fingerprint density at radius 2 is 1.38 bits per heavy atom. The van der Waals surface area contributed by atoms with E-state index in [0.29, 0.717) is 0 Å². The second kappa shape index (κ2) is 9.32. The van der Waals surface area contributed by atoms with Crippen LogP contribution in [0.3, 0.4) is 0 Å². The van der Waals surface area contributed by atoms with Crippen molar-refractivity contribution >= 4 is 12.1 Å². The highest BCUT2D eigenvalue weighted by atomic mass is 16.6. The van der Waals surface area contributed by atoms with Crippen LogP contribution in [0.2, 0.25) is 0 Å². The van der Waals surface area contributed by atoms with E-state index in [9.17, 15) is 9.59 Å². The molecule has 0 bridgehead atoms. The standard InChI is InChI=1S/C18H20N2O4/c19-11-16(17(21)23-12-14-7-3-1-4-8-14)20-18(22)24-13-15-9-5-2-6-10-15/h1-10,16H,11-13,19H2,(H,20,22)/t16-/m1/s1. The largest absolute Gasteiger partial charge is 0.459 e. The number of amides is 1. The number of nitrogens with two attached hydrogens (primary N) is 1. The van der Waals surface area contributed by atoms with Gasteiger partial charge in [-0.1, -0.05) is 60.7 Å². The van der Waals surface area contributed by atoms with Crippen LogP contribution >= 0.6 is 0 Å². The molecule has 0 saturated carbocycles. The minimum Gasteiger partial charge on any atom is -0.459 e. The van der Waals surface area contributed by atoms with E-state index in [1.54, 1.807) is 0 Å². The predicted molar refractivity (Wildman–Crippen MR) is 88.8 cm³/mol. The fraction of sp³-hybridized carbons (Fsp3) is 0.222. The Morgan fingerprint density at radius 1 is 0.875 bits per heavy atom. The average molecular weight is 328 g/mol. The molecule has 0 saturated heterocycles. The number of nitrogens with one attached hydrogen (secondary N) is 1. The molecular formula is C18H20N2O4. The summed E-state index contributed by atoms with van der Waals surface area (Å²) in [6.07, 6.45) is -0.717. The number of rotatable bonds is 7. The van der Waals surface area contributed by atoms with Gasteiger partial charge in [-0.15, -0.1) is 0 Å². The number of benzene rings is 2. The van der Waals surface area contributed by atoms with Crippen molar-refractivity contribution in [3.8, 4) is 0 Å². The number of alkyl carbamates (subject to hydrolysis) is 1. The summed E-state index contributed by atoms with van der Waals surface area (Å²) in [5, 5.41) is 2.41. The van der Waals surface area contributed by atoms with Gasteiger partial charge in [0.05, 0.1) is 0 Å². The van der Waals surface area contributed by atoms with Gasteiger partial charge in [-0.05, 0) is 11.1 Å². The average Bonchev–Trinajstić information content (AvgIpc) is 2.64. The molecule has 2 aromatic rings. The van der Waals surface area contributed by atoms with Gasteiger partial charge in [0.1, 0.15) is 19.3 Å². The van der Waals surface area contributed by atoms with Crippen molar-refractivity contribution in [1.82, 2.24) is 5.32 Å². The van der Waals surface area contributed by atoms with Crippen molar-refractivity contribution in [2.75, 3.05) is 6.54 Å². The zero-order chi connectivity index (χ0) is 17.2. The molecule has 0 aromatic heterocycles. The summed E-state index contributed by atoms with van der Waals surface area (Å²) in [5.74, 6) is -0.599. The maximum atomic E-state index is 12.0. The highest BCUT2D eigenvalue weighted by Gasteiger charge is 2.21. The summed E-state index contributed by atoms with van der Waals surface area (Å²) in [4.78, 5) is 23.8. The van der Waals surface area contributed by atoms with Crippen molar-refractivity contribution < 1.29 is 19.1 Å². The fourth-order valence-corrected chi connectivity index (χ4v) is 1.95. The Balaban J connectivity index is 1.77. The van der Waals surface area contributed by atoms with Gasteiger partial charge >= 0.3 is 12.1 Å². The molecule has 0 aliphatic heterocycles. The third-order valence-corrected chi connectivity index (χ3v) is 3.25. The molecule has 0 aliphatic carbocycles. The maximum Gasteiger partial charge on any atom is 0.408 e. The molecule has 6 nitrogen and oxygen atoms in total.